The molecule has 0 aliphatic carbocycles. The number of pyridine rings is 1. The Morgan fingerprint density at radius 3 is 2.81 bits per heavy atom. The molecular weight excluding hydrogens is 204 g/mol. The number of hydrogen-bond donors (Lipinski definition) is 2. The van der Waals surface area contributed by atoms with Gasteiger partial charge in [0.05, 0.1) is 0 Å². The van der Waals surface area contributed by atoms with E-state index in [1.54, 1.807) is 6.20 Å². The highest BCUT2D eigenvalue weighted by Gasteiger charge is 2.07. The fourth-order valence-electron chi connectivity index (χ4n) is 1.69. The van der Waals surface area contributed by atoms with Crippen LogP contribution < -0.4 is 5.69 Å². The Morgan fingerprint density at radius 2 is 2.00 bits per heavy atom. The molecule has 2 aromatic heterocycles. The van der Waals surface area contributed by atoms with Crippen molar-refractivity contribution in [1.82, 2.24) is 20.2 Å². The summed E-state index contributed by atoms with van der Waals surface area (Å²) in [6.07, 6.45) is 1.70. The van der Waals surface area contributed by atoms with Crippen LogP contribution in [-0.2, 0) is 0 Å². The largest absolute Gasteiger partial charge is 0.340 e. The van der Waals surface area contributed by atoms with Crippen molar-refractivity contribution in [3.05, 3.63) is 47.0 Å². The van der Waals surface area contributed by atoms with Crippen LogP contribution in [0.15, 0.2) is 41.3 Å². The predicted molar refractivity (Wildman–Crippen MR) is 59.9 cm³/mol. The van der Waals surface area contributed by atoms with Crippen LogP contribution in [0.1, 0.15) is 0 Å². The quantitative estimate of drug-likeness (QED) is 0.638. The Kier molecular flexibility index (Phi) is 1.83. The molecule has 3 rings (SSSR count). The van der Waals surface area contributed by atoms with Gasteiger partial charge in [0.2, 0.25) is 0 Å². The maximum absolute atomic E-state index is 11.0. The standard InChI is InChI=1S/C11H8N4O/c16-11-13-10(14-15-11)9-8-4-2-1-3-7(8)5-6-12-9/h1-6H,(H2,13,14,15,16). The van der Waals surface area contributed by atoms with Gasteiger partial charge in [-0.15, -0.1) is 0 Å². The van der Waals surface area contributed by atoms with Gasteiger partial charge in [0.25, 0.3) is 0 Å². The monoisotopic (exact) mass is 212 g/mol. The number of aromatic nitrogens is 4. The summed E-state index contributed by atoms with van der Waals surface area (Å²) < 4.78 is 0. The van der Waals surface area contributed by atoms with Crippen LogP contribution in [0.25, 0.3) is 22.3 Å². The van der Waals surface area contributed by atoms with Gasteiger partial charge in [0, 0.05) is 11.6 Å². The lowest BCUT2D eigenvalue weighted by atomic mass is 10.1. The Morgan fingerprint density at radius 1 is 1.12 bits per heavy atom. The lowest BCUT2D eigenvalue weighted by Gasteiger charge is -2.01. The number of H-pyrrole nitrogens is 2. The third-order valence-corrected chi connectivity index (χ3v) is 2.40. The Labute approximate surface area is 90.2 Å². The average molecular weight is 212 g/mol. The van der Waals surface area contributed by atoms with Crippen molar-refractivity contribution in [2.45, 2.75) is 0 Å². The molecule has 0 spiro atoms. The predicted octanol–water partition coefficient (Wildman–Crippen LogP) is 1.31. The second kappa shape index (κ2) is 3.30. The highest BCUT2D eigenvalue weighted by Crippen LogP contribution is 2.22. The van der Waals surface area contributed by atoms with Gasteiger partial charge in [-0.05, 0) is 11.5 Å². The van der Waals surface area contributed by atoms with Crippen LogP contribution in [0.4, 0.5) is 0 Å². The zero-order valence-corrected chi connectivity index (χ0v) is 8.27. The summed E-state index contributed by atoms with van der Waals surface area (Å²) in [5, 5.41) is 8.24. The first kappa shape index (κ1) is 8.84. The van der Waals surface area contributed by atoms with E-state index >= 15 is 0 Å². The molecule has 78 valence electrons. The number of rotatable bonds is 1. The smallest absolute Gasteiger partial charge is 0.288 e. The number of fused-ring (bicyclic) bond motifs is 1. The molecule has 0 atom stereocenters. The molecule has 0 unspecified atom stereocenters. The number of aromatic amines is 2. The maximum Gasteiger partial charge on any atom is 0.340 e. The fourth-order valence-corrected chi connectivity index (χ4v) is 1.69. The summed E-state index contributed by atoms with van der Waals surface area (Å²) in [4.78, 5) is 17.8. The second-order valence-electron chi connectivity index (χ2n) is 3.41. The first-order chi connectivity index (χ1) is 7.84. The third-order valence-electron chi connectivity index (χ3n) is 2.40. The van der Waals surface area contributed by atoms with Gasteiger partial charge in [-0.2, -0.15) is 5.10 Å². The summed E-state index contributed by atoms with van der Waals surface area (Å²) in [5.41, 5.74) is 0.348. The third kappa shape index (κ3) is 1.30. The minimum Gasteiger partial charge on any atom is -0.288 e. The second-order valence-corrected chi connectivity index (χ2v) is 3.41. The molecule has 0 radical (unpaired) electrons. The molecule has 16 heavy (non-hydrogen) atoms. The van der Waals surface area contributed by atoms with E-state index in [0.29, 0.717) is 11.5 Å². The maximum atomic E-state index is 11.0. The Hall–Kier alpha value is -2.43. The van der Waals surface area contributed by atoms with Crippen LogP contribution in [0.3, 0.4) is 0 Å². The minimum atomic E-state index is -0.329. The van der Waals surface area contributed by atoms with Gasteiger partial charge in [-0.1, -0.05) is 24.3 Å². The highest BCUT2D eigenvalue weighted by molar-refractivity contribution is 5.92. The summed E-state index contributed by atoms with van der Waals surface area (Å²) in [5.74, 6) is 0.460. The van der Waals surface area contributed by atoms with Crippen molar-refractivity contribution in [2.24, 2.45) is 0 Å². The zero-order chi connectivity index (χ0) is 11.0. The molecule has 0 aliphatic heterocycles. The van der Waals surface area contributed by atoms with Crippen LogP contribution in [0.2, 0.25) is 0 Å². The number of nitrogens with zero attached hydrogens (tertiary/aromatic N) is 2. The van der Waals surface area contributed by atoms with E-state index in [1.807, 2.05) is 30.3 Å². The summed E-state index contributed by atoms with van der Waals surface area (Å²) in [6, 6.07) is 9.75. The van der Waals surface area contributed by atoms with Crippen LogP contribution in [-0.4, -0.2) is 20.2 Å². The van der Waals surface area contributed by atoms with Crippen molar-refractivity contribution < 1.29 is 0 Å². The van der Waals surface area contributed by atoms with E-state index in [-0.39, 0.29) is 5.69 Å². The van der Waals surface area contributed by atoms with E-state index < -0.39 is 0 Å². The lowest BCUT2D eigenvalue weighted by Crippen LogP contribution is -2.00. The number of nitrogens with one attached hydrogen (secondary N) is 2. The van der Waals surface area contributed by atoms with E-state index in [0.717, 1.165) is 10.8 Å². The fraction of sp³-hybridized carbons (Fsp3) is 0. The Bertz CT molecular complexity index is 693. The topological polar surface area (TPSA) is 74.4 Å². The molecule has 0 fully saturated rings. The molecule has 5 nitrogen and oxygen atoms in total. The zero-order valence-electron chi connectivity index (χ0n) is 8.27. The van der Waals surface area contributed by atoms with Gasteiger partial charge >= 0.3 is 5.69 Å². The van der Waals surface area contributed by atoms with Gasteiger partial charge in [0.15, 0.2) is 5.82 Å². The minimum absolute atomic E-state index is 0.329. The molecule has 0 saturated heterocycles. The summed E-state index contributed by atoms with van der Waals surface area (Å²) in [6.45, 7) is 0. The first-order valence-electron chi connectivity index (χ1n) is 4.83. The van der Waals surface area contributed by atoms with Gasteiger partial charge < -0.3 is 0 Å². The molecule has 2 N–H and O–H groups in total. The Balaban J connectivity index is 2.35. The van der Waals surface area contributed by atoms with Crippen molar-refractivity contribution >= 4 is 10.8 Å². The SMILES string of the molecule is O=c1[nH]nc(-c2nccc3ccccc23)[nH]1. The van der Waals surface area contributed by atoms with Crippen molar-refractivity contribution in [1.29, 1.82) is 0 Å². The van der Waals surface area contributed by atoms with Crippen LogP contribution in [0, 0.1) is 0 Å². The van der Waals surface area contributed by atoms with E-state index in [1.165, 1.54) is 0 Å². The molecule has 0 aliphatic rings. The highest BCUT2D eigenvalue weighted by atomic mass is 16.1. The molecule has 5 heteroatoms. The lowest BCUT2D eigenvalue weighted by molar-refractivity contribution is 1.05. The van der Waals surface area contributed by atoms with Gasteiger partial charge in [-0.25, -0.2) is 9.89 Å². The normalized spacial score (nSPS) is 10.8. The average Bonchev–Trinajstić information content (AvgIpc) is 2.75. The van der Waals surface area contributed by atoms with Gasteiger partial charge in [0.1, 0.15) is 5.69 Å². The number of hydrogen-bond acceptors (Lipinski definition) is 3. The molecule has 0 saturated carbocycles. The molecular formula is C11H8N4O. The molecule has 0 bridgehead atoms. The molecule has 1 aromatic carbocycles. The van der Waals surface area contributed by atoms with Crippen molar-refractivity contribution in [2.75, 3.05) is 0 Å². The summed E-state index contributed by atoms with van der Waals surface area (Å²) in [7, 11) is 0. The van der Waals surface area contributed by atoms with Gasteiger partial charge in [-0.3, -0.25) is 9.97 Å². The van der Waals surface area contributed by atoms with Crippen molar-refractivity contribution in [3.8, 4) is 11.5 Å². The van der Waals surface area contributed by atoms with Crippen LogP contribution in [0.5, 0.6) is 0 Å². The number of benzene rings is 1. The molecule has 0 amide bonds. The first-order valence-corrected chi connectivity index (χ1v) is 4.83. The van der Waals surface area contributed by atoms with E-state index in [4.69, 9.17) is 0 Å². The van der Waals surface area contributed by atoms with E-state index in [2.05, 4.69) is 20.2 Å². The van der Waals surface area contributed by atoms with Crippen molar-refractivity contribution in [3.63, 3.8) is 0 Å². The molecule has 3 aromatic rings. The van der Waals surface area contributed by atoms with Crippen LogP contribution >= 0.6 is 0 Å². The molecule has 2 heterocycles. The van der Waals surface area contributed by atoms with E-state index in [9.17, 15) is 4.79 Å². The summed E-state index contributed by atoms with van der Waals surface area (Å²) >= 11 is 0.